The summed E-state index contributed by atoms with van der Waals surface area (Å²) in [6, 6.07) is 0.428. The van der Waals surface area contributed by atoms with Gasteiger partial charge in [0.2, 0.25) is 0 Å². The maximum atomic E-state index is 6.33. The third kappa shape index (κ3) is 1.76. The molecule has 102 valence electrons. The van der Waals surface area contributed by atoms with Crippen molar-refractivity contribution < 1.29 is 0 Å². The standard InChI is InChI=1S/C14H21N5/c1-8-5-9(2)19-12(6-8)17-13(14(19)15)11-7-16-18(4)10(11)3/h7-9H,5-6,15H2,1-4H3. The average Bonchev–Trinajstić information content (AvgIpc) is 2.82. The first-order chi connectivity index (χ1) is 8.99. The molecule has 2 unspecified atom stereocenters. The van der Waals surface area contributed by atoms with Crippen molar-refractivity contribution in [2.24, 2.45) is 13.0 Å². The summed E-state index contributed by atoms with van der Waals surface area (Å²) in [6.07, 6.45) is 4.03. The highest BCUT2D eigenvalue weighted by atomic mass is 15.3. The normalized spacial score (nSPS) is 22.5. The van der Waals surface area contributed by atoms with Gasteiger partial charge in [-0.25, -0.2) is 4.98 Å². The fourth-order valence-electron chi connectivity index (χ4n) is 3.14. The predicted octanol–water partition coefficient (Wildman–Crippen LogP) is 2.32. The van der Waals surface area contributed by atoms with Gasteiger partial charge in [-0.15, -0.1) is 0 Å². The number of hydrogen-bond acceptors (Lipinski definition) is 3. The Bertz CT molecular complexity index is 622. The molecule has 0 saturated carbocycles. The van der Waals surface area contributed by atoms with E-state index in [0.29, 0.717) is 12.0 Å². The monoisotopic (exact) mass is 259 g/mol. The molecular weight excluding hydrogens is 238 g/mol. The maximum absolute atomic E-state index is 6.33. The Morgan fingerprint density at radius 2 is 2.11 bits per heavy atom. The average molecular weight is 259 g/mol. The summed E-state index contributed by atoms with van der Waals surface area (Å²) < 4.78 is 4.06. The first-order valence-corrected chi connectivity index (χ1v) is 6.84. The fraction of sp³-hybridized carbons (Fsp3) is 0.571. The summed E-state index contributed by atoms with van der Waals surface area (Å²) in [5.74, 6) is 2.57. The van der Waals surface area contributed by atoms with Crippen LogP contribution in [0.5, 0.6) is 0 Å². The Balaban J connectivity index is 2.15. The Morgan fingerprint density at radius 1 is 1.37 bits per heavy atom. The Morgan fingerprint density at radius 3 is 2.74 bits per heavy atom. The van der Waals surface area contributed by atoms with Crippen molar-refractivity contribution in [3.05, 3.63) is 17.7 Å². The van der Waals surface area contributed by atoms with E-state index < -0.39 is 0 Å². The minimum Gasteiger partial charge on any atom is -0.383 e. The largest absolute Gasteiger partial charge is 0.383 e. The molecule has 0 amide bonds. The number of nitrogen functional groups attached to an aromatic ring is 1. The van der Waals surface area contributed by atoms with E-state index in [-0.39, 0.29) is 0 Å². The second kappa shape index (κ2) is 4.11. The molecule has 0 aliphatic carbocycles. The van der Waals surface area contributed by atoms with Crippen molar-refractivity contribution in [3.8, 4) is 11.3 Å². The summed E-state index contributed by atoms with van der Waals surface area (Å²) in [6.45, 7) is 6.54. The molecule has 3 rings (SSSR count). The van der Waals surface area contributed by atoms with Crippen LogP contribution >= 0.6 is 0 Å². The highest BCUT2D eigenvalue weighted by molar-refractivity contribution is 5.72. The molecule has 2 aromatic rings. The number of fused-ring (bicyclic) bond motifs is 1. The van der Waals surface area contributed by atoms with E-state index in [1.807, 2.05) is 24.9 Å². The van der Waals surface area contributed by atoms with Crippen LogP contribution in [0.25, 0.3) is 11.3 Å². The zero-order valence-corrected chi connectivity index (χ0v) is 12.0. The fourth-order valence-corrected chi connectivity index (χ4v) is 3.14. The van der Waals surface area contributed by atoms with Crippen LogP contribution in [0.15, 0.2) is 6.20 Å². The molecule has 0 fully saturated rings. The number of aromatic nitrogens is 4. The van der Waals surface area contributed by atoms with Crippen molar-refractivity contribution in [1.82, 2.24) is 19.3 Å². The van der Waals surface area contributed by atoms with E-state index in [9.17, 15) is 0 Å². The number of rotatable bonds is 1. The molecule has 1 aliphatic rings. The SMILES string of the molecule is Cc1c(-c2nc3n(c2N)C(C)CC(C)C3)cnn1C. The molecule has 3 heterocycles. The van der Waals surface area contributed by atoms with E-state index in [4.69, 9.17) is 10.7 Å². The Labute approximate surface area is 113 Å². The van der Waals surface area contributed by atoms with Crippen LogP contribution in [0.3, 0.4) is 0 Å². The molecule has 1 aliphatic heterocycles. The van der Waals surface area contributed by atoms with E-state index in [2.05, 4.69) is 23.5 Å². The first kappa shape index (κ1) is 12.3. The maximum Gasteiger partial charge on any atom is 0.132 e. The molecule has 5 nitrogen and oxygen atoms in total. The minimum absolute atomic E-state index is 0.428. The molecule has 0 bridgehead atoms. The number of nitrogens with two attached hydrogens (primary N) is 1. The van der Waals surface area contributed by atoms with Gasteiger partial charge in [0.05, 0.1) is 6.20 Å². The molecule has 0 aromatic carbocycles. The van der Waals surface area contributed by atoms with Gasteiger partial charge in [0, 0.05) is 30.8 Å². The molecule has 19 heavy (non-hydrogen) atoms. The molecule has 0 saturated heterocycles. The Kier molecular flexibility index (Phi) is 2.66. The van der Waals surface area contributed by atoms with Crippen molar-refractivity contribution in [2.45, 2.75) is 39.7 Å². The van der Waals surface area contributed by atoms with Gasteiger partial charge in [0.1, 0.15) is 17.3 Å². The van der Waals surface area contributed by atoms with E-state index in [1.165, 1.54) is 6.42 Å². The number of aryl methyl sites for hydroxylation is 1. The number of anilines is 1. The molecule has 2 aromatic heterocycles. The molecule has 0 radical (unpaired) electrons. The van der Waals surface area contributed by atoms with Crippen LogP contribution in [-0.2, 0) is 13.5 Å². The Hall–Kier alpha value is -1.78. The van der Waals surface area contributed by atoms with Crippen LogP contribution in [0.2, 0.25) is 0 Å². The summed E-state index contributed by atoms with van der Waals surface area (Å²) in [5.41, 5.74) is 9.37. The third-order valence-electron chi connectivity index (χ3n) is 4.23. The highest BCUT2D eigenvalue weighted by Crippen LogP contribution is 2.36. The van der Waals surface area contributed by atoms with Gasteiger partial charge in [0.25, 0.3) is 0 Å². The van der Waals surface area contributed by atoms with Crippen LogP contribution in [0.1, 0.15) is 37.8 Å². The van der Waals surface area contributed by atoms with Gasteiger partial charge < -0.3 is 10.3 Å². The van der Waals surface area contributed by atoms with Gasteiger partial charge >= 0.3 is 0 Å². The van der Waals surface area contributed by atoms with Crippen molar-refractivity contribution in [3.63, 3.8) is 0 Å². The number of hydrogen-bond donors (Lipinski definition) is 1. The van der Waals surface area contributed by atoms with Crippen LogP contribution in [0.4, 0.5) is 5.82 Å². The topological polar surface area (TPSA) is 61.7 Å². The molecule has 0 spiro atoms. The van der Waals surface area contributed by atoms with Crippen LogP contribution in [-0.4, -0.2) is 19.3 Å². The third-order valence-corrected chi connectivity index (χ3v) is 4.23. The highest BCUT2D eigenvalue weighted by Gasteiger charge is 2.27. The lowest BCUT2D eigenvalue weighted by molar-refractivity contribution is 0.346. The van der Waals surface area contributed by atoms with Gasteiger partial charge in [-0.3, -0.25) is 4.68 Å². The number of imidazole rings is 1. The lowest BCUT2D eigenvalue weighted by Crippen LogP contribution is -2.22. The van der Waals surface area contributed by atoms with E-state index in [0.717, 1.165) is 35.0 Å². The van der Waals surface area contributed by atoms with Crippen molar-refractivity contribution in [1.29, 1.82) is 0 Å². The van der Waals surface area contributed by atoms with Gasteiger partial charge in [0.15, 0.2) is 0 Å². The first-order valence-electron chi connectivity index (χ1n) is 6.84. The van der Waals surface area contributed by atoms with Gasteiger partial charge in [-0.1, -0.05) is 6.92 Å². The molecule has 2 N–H and O–H groups in total. The minimum atomic E-state index is 0.428. The summed E-state index contributed by atoms with van der Waals surface area (Å²) >= 11 is 0. The zero-order valence-electron chi connectivity index (χ0n) is 12.0. The van der Waals surface area contributed by atoms with E-state index >= 15 is 0 Å². The lowest BCUT2D eigenvalue weighted by atomic mass is 9.95. The molecule has 5 heteroatoms. The van der Waals surface area contributed by atoms with Crippen LogP contribution in [0, 0.1) is 12.8 Å². The zero-order chi connectivity index (χ0) is 13.7. The molecule has 2 atom stereocenters. The summed E-state index contributed by atoms with van der Waals surface area (Å²) in [7, 11) is 1.94. The molecular formula is C14H21N5. The second-order valence-corrected chi connectivity index (χ2v) is 5.79. The number of nitrogens with zero attached hydrogens (tertiary/aromatic N) is 4. The predicted molar refractivity (Wildman–Crippen MR) is 75.8 cm³/mol. The van der Waals surface area contributed by atoms with Gasteiger partial charge in [-0.2, -0.15) is 5.10 Å². The van der Waals surface area contributed by atoms with Gasteiger partial charge in [-0.05, 0) is 26.2 Å². The van der Waals surface area contributed by atoms with Crippen molar-refractivity contribution in [2.75, 3.05) is 5.73 Å². The van der Waals surface area contributed by atoms with Crippen LogP contribution < -0.4 is 5.73 Å². The lowest BCUT2D eigenvalue weighted by Gasteiger charge is -2.27. The summed E-state index contributed by atoms with van der Waals surface area (Å²) in [5, 5.41) is 4.29. The smallest absolute Gasteiger partial charge is 0.132 e. The summed E-state index contributed by atoms with van der Waals surface area (Å²) in [4.78, 5) is 4.78. The second-order valence-electron chi connectivity index (χ2n) is 5.79. The quantitative estimate of drug-likeness (QED) is 0.855. The van der Waals surface area contributed by atoms with Crippen molar-refractivity contribution >= 4 is 5.82 Å². The van der Waals surface area contributed by atoms with E-state index in [1.54, 1.807) is 0 Å².